The number of thiazole rings is 1. The number of carbonyl (C=O) groups is 1. The summed E-state index contributed by atoms with van der Waals surface area (Å²) in [7, 11) is 0. The Balaban J connectivity index is 1.49. The Morgan fingerprint density at radius 2 is 2.15 bits per heavy atom. The van der Waals surface area contributed by atoms with E-state index in [1.807, 2.05) is 25.1 Å². The Morgan fingerprint density at radius 3 is 2.92 bits per heavy atom. The molecule has 4 rings (SSSR count). The number of oxime groups is 1. The fourth-order valence-corrected chi connectivity index (χ4v) is 3.98. The van der Waals surface area contributed by atoms with Crippen LogP contribution in [0.3, 0.4) is 0 Å². The Kier molecular flexibility index (Phi) is 4.34. The lowest BCUT2D eigenvalue weighted by Crippen LogP contribution is -2.28. The van der Waals surface area contributed by atoms with Crippen molar-refractivity contribution >= 4 is 49.9 Å². The van der Waals surface area contributed by atoms with Crippen LogP contribution >= 0.6 is 22.9 Å². The summed E-state index contributed by atoms with van der Waals surface area (Å²) in [6.45, 7) is 1.96. The van der Waals surface area contributed by atoms with Crippen molar-refractivity contribution in [1.29, 1.82) is 0 Å². The van der Waals surface area contributed by atoms with Crippen molar-refractivity contribution in [3.8, 4) is 0 Å². The van der Waals surface area contributed by atoms with Crippen molar-refractivity contribution in [2.45, 2.75) is 19.4 Å². The minimum Gasteiger partial charge on any atom is -0.382 e. The van der Waals surface area contributed by atoms with E-state index in [0.29, 0.717) is 10.8 Å². The van der Waals surface area contributed by atoms with E-state index < -0.39 is 11.9 Å². The minimum absolute atomic E-state index is 0.135. The molecule has 8 heteroatoms. The molecule has 1 amide bonds. The van der Waals surface area contributed by atoms with Gasteiger partial charge in [0.15, 0.2) is 5.13 Å². The van der Waals surface area contributed by atoms with E-state index in [2.05, 4.69) is 15.5 Å². The van der Waals surface area contributed by atoms with Crippen LogP contribution in [0.25, 0.3) is 10.2 Å². The molecule has 0 saturated carbocycles. The van der Waals surface area contributed by atoms with Gasteiger partial charge in [0, 0.05) is 6.42 Å². The fourth-order valence-electron chi connectivity index (χ4n) is 2.76. The number of aromatic nitrogens is 1. The largest absolute Gasteiger partial charge is 0.382 e. The summed E-state index contributed by atoms with van der Waals surface area (Å²) in [6, 6.07) is 10.2. The van der Waals surface area contributed by atoms with E-state index >= 15 is 0 Å². The van der Waals surface area contributed by atoms with Gasteiger partial charge in [-0.25, -0.2) is 9.37 Å². The second kappa shape index (κ2) is 6.66. The van der Waals surface area contributed by atoms with Crippen molar-refractivity contribution in [3.63, 3.8) is 0 Å². The highest BCUT2D eigenvalue weighted by Crippen LogP contribution is 2.29. The number of halogens is 2. The molecule has 3 aromatic rings. The summed E-state index contributed by atoms with van der Waals surface area (Å²) in [5.41, 5.74) is 2.37. The van der Waals surface area contributed by atoms with Gasteiger partial charge in [-0.1, -0.05) is 46.3 Å². The van der Waals surface area contributed by atoms with Crippen LogP contribution in [0, 0.1) is 12.7 Å². The quantitative estimate of drug-likeness (QED) is 0.715. The zero-order valence-electron chi connectivity index (χ0n) is 13.6. The van der Waals surface area contributed by atoms with Crippen LogP contribution < -0.4 is 5.32 Å². The summed E-state index contributed by atoms with van der Waals surface area (Å²) in [5, 5.41) is 7.31. The molecule has 132 valence electrons. The lowest BCUT2D eigenvalue weighted by Gasteiger charge is -2.07. The van der Waals surface area contributed by atoms with Crippen LogP contribution in [0.4, 0.5) is 9.52 Å². The minimum atomic E-state index is -0.853. The maximum atomic E-state index is 14.0. The molecule has 2 heterocycles. The van der Waals surface area contributed by atoms with Gasteiger partial charge in [-0.3, -0.25) is 10.1 Å². The number of rotatable bonds is 3. The van der Waals surface area contributed by atoms with Crippen molar-refractivity contribution in [2.75, 3.05) is 5.32 Å². The van der Waals surface area contributed by atoms with Crippen LogP contribution in [-0.4, -0.2) is 22.7 Å². The second-order valence-electron chi connectivity index (χ2n) is 5.86. The lowest BCUT2D eigenvalue weighted by molar-refractivity contribution is -0.125. The van der Waals surface area contributed by atoms with E-state index in [0.717, 1.165) is 15.8 Å². The molecule has 1 aliphatic rings. The maximum Gasteiger partial charge on any atom is 0.270 e. The van der Waals surface area contributed by atoms with Gasteiger partial charge in [0.25, 0.3) is 5.91 Å². The predicted octanol–water partition coefficient (Wildman–Crippen LogP) is 4.53. The van der Waals surface area contributed by atoms with Crippen LogP contribution in [0.1, 0.15) is 17.5 Å². The van der Waals surface area contributed by atoms with Crippen LogP contribution in [0.15, 0.2) is 41.6 Å². The SMILES string of the molecule is Cc1cccc2sc(NC(=O)C3CC(c4c(F)cccc4Cl)=NO3)nc12. The Hall–Kier alpha value is -2.51. The zero-order chi connectivity index (χ0) is 18.3. The first-order valence-corrected chi connectivity index (χ1v) is 9.06. The highest BCUT2D eigenvalue weighted by atomic mass is 35.5. The highest BCUT2D eigenvalue weighted by molar-refractivity contribution is 7.22. The van der Waals surface area contributed by atoms with Crippen molar-refractivity contribution in [3.05, 3.63) is 58.4 Å². The van der Waals surface area contributed by atoms with Gasteiger partial charge in [-0.15, -0.1) is 0 Å². The van der Waals surface area contributed by atoms with Gasteiger partial charge in [0.05, 0.1) is 26.5 Å². The Bertz CT molecular complexity index is 1030. The molecule has 0 spiro atoms. The fraction of sp³-hybridized carbons (Fsp3) is 0.167. The van der Waals surface area contributed by atoms with Gasteiger partial charge in [-0.2, -0.15) is 0 Å². The monoisotopic (exact) mass is 389 g/mol. The molecule has 2 aromatic carbocycles. The first-order chi connectivity index (χ1) is 12.5. The van der Waals surface area contributed by atoms with E-state index in [-0.39, 0.29) is 22.9 Å². The molecule has 26 heavy (non-hydrogen) atoms. The number of carbonyl (C=O) groups excluding carboxylic acids is 1. The van der Waals surface area contributed by atoms with Crippen LogP contribution in [-0.2, 0) is 9.63 Å². The molecular formula is C18H13ClFN3O2S. The smallest absolute Gasteiger partial charge is 0.270 e. The average molecular weight is 390 g/mol. The van der Waals surface area contributed by atoms with E-state index in [9.17, 15) is 9.18 Å². The summed E-state index contributed by atoms with van der Waals surface area (Å²) in [4.78, 5) is 22.1. The van der Waals surface area contributed by atoms with Gasteiger partial charge >= 0.3 is 0 Å². The van der Waals surface area contributed by atoms with Gasteiger partial charge < -0.3 is 4.84 Å². The first kappa shape index (κ1) is 16.9. The third-order valence-corrected chi connectivity index (χ3v) is 5.31. The summed E-state index contributed by atoms with van der Waals surface area (Å²) < 4.78 is 15.0. The standard InChI is InChI=1S/C18H13ClFN3O2S/c1-9-4-2-7-14-16(9)21-18(26-14)22-17(24)13-8-12(23-25-13)15-10(19)5-3-6-11(15)20/h2-7,13H,8H2,1H3,(H,21,22,24). The van der Waals surface area contributed by atoms with Crippen molar-refractivity contribution < 1.29 is 14.0 Å². The molecule has 1 N–H and O–H groups in total. The van der Waals surface area contributed by atoms with Crippen LogP contribution in [0.5, 0.6) is 0 Å². The summed E-state index contributed by atoms with van der Waals surface area (Å²) in [5.74, 6) is -0.879. The van der Waals surface area contributed by atoms with Crippen LogP contribution in [0.2, 0.25) is 5.02 Å². The van der Waals surface area contributed by atoms with Gasteiger partial charge in [0.2, 0.25) is 6.10 Å². The second-order valence-corrected chi connectivity index (χ2v) is 7.30. The maximum absolute atomic E-state index is 14.0. The first-order valence-electron chi connectivity index (χ1n) is 7.87. The third-order valence-electron chi connectivity index (χ3n) is 4.06. The number of benzene rings is 2. The van der Waals surface area contributed by atoms with E-state index in [1.54, 1.807) is 6.07 Å². The Morgan fingerprint density at radius 1 is 1.35 bits per heavy atom. The van der Waals surface area contributed by atoms with E-state index in [4.69, 9.17) is 16.4 Å². The number of fused-ring (bicyclic) bond motifs is 1. The molecule has 0 radical (unpaired) electrons. The number of amides is 1. The summed E-state index contributed by atoms with van der Waals surface area (Å²) >= 11 is 7.42. The number of aryl methyl sites for hydroxylation is 1. The molecule has 0 aliphatic carbocycles. The molecule has 0 fully saturated rings. The molecule has 1 aromatic heterocycles. The van der Waals surface area contributed by atoms with E-state index in [1.165, 1.54) is 23.5 Å². The van der Waals surface area contributed by atoms with Crippen molar-refractivity contribution in [1.82, 2.24) is 4.98 Å². The predicted molar refractivity (Wildman–Crippen MR) is 100 cm³/mol. The zero-order valence-corrected chi connectivity index (χ0v) is 15.2. The number of nitrogens with zero attached hydrogens (tertiary/aromatic N) is 2. The number of para-hydroxylation sites is 1. The summed E-state index contributed by atoms with van der Waals surface area (Å²) in [6.07, 6.45) is -0.718. The number of hydrogen-bond acceptors (Lipinski definition) is 5. The lowest BCUT2D eigenvalue weighted by atomic mass is 10.0. The topological polar surface area (TPSA) is 63.6 Å². The molecule has 1 aliphatic heterocycles. The number of anilines is 1. The molecule has 0 saturated heterocycles. The average Bonchev–Trinajstić information content (AvgIpc) is 3.22. The molecule has 0 bridgehead atoms. The molecule has 5 nitrogen and oxygen atoms in total. The van der Waals surface area contributed by atoms with Gasteiger partial charge in [-0.05, 0) is 30.7 Å². The molecule has 1 atom stereocenters. The highest BCUT2D eigenvalue weighted by Gasteiger charge is 2.31. The van der Waals surface area contributed by atoms with Crippen molar-refractivity contribution in [2.24, 2.45) is 5.16 Å². The Labute approximate surface area is 157 Å². The number of nitrogens with one attached hydrogen (secondary N) is 1. The van der Waals surface area contributed by atoms with Gasteiger partial charge in [0.1, 0.15) is 5.82 Å². The molecule has 1 unspecified atom stereocenters. The normalized spacial score (nSPS) is 16.4. The third kappa shape index (κ3) is 3.04. The molecular weight excluding hydrogens is 377 g/mol. The number of hydrogen-bond donors (Lipinski definition) is 1.